The third-order valence-corrected chi connectivity index (χ3v) is 3.69. The SMILES string of the molecule is CCCn1nnnc1CSc1cc(OC)ccc1N. The number of hydrogen-bond donors (Lipinski definition) is 1. The Morgan fingerprint density at radius 1 is 1.42 bits per heavy atom. The highest BCUT2D eigenvalue weighted by Gasteiger charge is 2.08. The van der Waals surface area contributed by atoms with Crippen LogP contribution in [0, 0.1) is 0 Å². The molecule has 1 heterocycles. The Bertz CT molecular complexity index is 543. The molecule has 2 rings (SSSR count). The second-order valence-electron chi connectivity index (χ2n) is 4.01. The number of thioether (sulfide) groups is 1. The van der Waals surface area contributed by atoms with Crippen LogP contribution in [-0.4, -0.2) is 27.3 Å². The molecular weight excluding hydrogens is 262 g/mol. The number of benzene rings is 1. The van der Waals surface area contributed by atoms with E-state index in [0.717, 1.165) is 35.1 Å². The molecule has 1 aromatic carbocycles. The van der Waals surface area contributed by atoms with Crippen molar-refractivity contribution in [2.24, 2.45) is 0 Å². The zero-order valence-electron chi connectivity index (χ0n) is 11.0. The van der Waals surface area contributed by atoms with Gasteiger partial charge < -0.3 is 10.5 Å². The van der Waals surface area contributed by atoms with E-state index in [2.05, 4.69) is 22.4 Å². The summed E-state index contributed by atoms with van der Waals surface area (Å²) in [6.07, 6.45) is 1.00. The Labute approximate surface area is 116 Å². The van der Waals surface area contributed by atoms with Gasteiger partial charge in [0.25, 0.3) is 0 Å². The molecule has 0 saturated heterocycles. The molecular formula is C12H17N5OS. The van der Waals surface area contributed by atoms with Crippen LogP contribution < -0.4 is 10.5 Å². The van der Waals surface area contributed by atoms with Crippen LogP contribution in [0.5, 0.6) is 5.75 Å². The van der Waals surface area contributed by atoms with Gasteiger partial charge in [0.2, 0.25) is 0 Å². The molecule has 0 aliphatic rings. The van der Waals surface area contributed by atoms with Crippen LogP contribution in [0.25, 0.3) is 0 Å². The van der Waals surface area contributed by atoms with Crippen molar-refractivity contribution in [1.82, 2.24) is 20.2 Å². The van der Waals surface area contributed by atoms with Crippen LogP contribution in [0.3, 0.4) is 0 Å². The molecule has 7 heteroatoms. The molecule has 19 heavy (non-hydrogen) atoms. The minimum atomic E-state index is 0.685. The molecule has 0 saturated carbocycles. The quantitative estimate of drug-likeness (QED) is 0.643. The minimum Gasteiger partial charge on any atom is -0.497 e. The van der Waals surface area contributed by atoms with Gasteiger partial charge in [0.15, 0.2) is 5.82 Å². The molecule has 2 N–H and O–H groups in total. The third kappa shape index (κ3) is 3.37. The van der Waals surface area contributed by atoms with E-state index in [4.69, 9.17) is 10.5 Å². The number of aryl methyl sites for hydroxylation is 1. The number of ether oxygens (including phenoxy) is 1. The number of tetrazole rings is 1. The normalized spacial score (nSPS) is 10.6. The first-order valence-corrected chi connectivity index (χ1v) is 7.04. The summed E-state index contributed by atoms with van der Waals surface area (Å²) in [4.78, 5) is 0.977. The molecule has 0 fully saturated rings. The number of nitrogens with two attached hydrogens (primary N) is 1. The van der Waals surface area contributed by atoms with Crippen LogP contribution in [0.15, 0.2) is 23.1 Å². The molecule has 6 nitrogen and oxygen atoms in total. The second kappa shape index (κ2) is 6.42. The molecule has 1 aromatic heterocycles. The van der Waals surface area contributed by atoms with Gasteiger partial charge in [-0.2, -0.15) is 0 Å². The van der Waals surface area contributed by atoms with E-state index in [0.29, 0.717) is 5.75 Å². The molecule has 0 bridgehead atoms. The van der Waals surface area contributed by atoms with Crippen molar-refractivity contribution in [1.29, 1.82) is 0 Å². The Morgan fingerprint density at radius 3 is 3.00 bits per heavy atom. The van der Waals surface area contributed by atoms with E-state index >= 15 is 0 Å². The minimum absolute atomic E-state index is 0.685. The number of nitrogen functional groups attached to an aromatic ring is 1. The maximum Gasteiger partial charge on any atom is 0.161 e. The van der Waals surface area contributed by atoms with E-state index < -0.39 is 0 Å². The van der Waals surface area contributed by atoms with Crippen molar-refractivity contribution in [3.8, 4) is 5.75 Å². The van der Waals surface area contributed by atoms with Crippen LogP contribution >= 0.6 is 11.8 Å². The maximum atomic E-state index is 5.95. The highest BCUT2D eigenvalue weighted by atomic mass is 32.2. The van der Waals surface area contributed by atoms with Crippen LogP contribution in [-0.2, 0) is 12.3 Å². The summed E-state index contributed by atoms with van der Waals surface area (Å²) in [5.74, 6) is 2.34. The fourth-order valence-corrected chi connectivity index (χ4v) is 2.55. The standard InChI is InChI=1S/C12H17N5OS/c1-3-6-17-12(14-15-16-17)8-19-11-7-9(18-2)4-5-10(11)13/h4-5,7H,3,6,8,13H2,1-2H3. The van der Waals surface area contributed by atoms with Gasteiger partial charge >= 0.3 is 0 Å². The predicted octanol–water partition coefficient (Wildman–Crippen LogP) is 1.97. The monoisotopic (exact) mass is 279 g/mol. The lowest BCUT2D eigenvalue weighted by molar-refractivity contribution is 0.414. The summed E-state index contributed by atoms with van der Waals surface area (Å²) in [6, 6.07) is 5.62. The second-order valence-corrected chi connectivity index (χ2v) is 5.03. The molecule has 0 atom stereocenters. The summed E-state index contributed by atoms with van der Waals surface area (Å²) >= 11 is 1.61. The predicted molar refractivity (Wildman–Crippen MR) is 75.1 cm³/mol. The van der Waals surface area contributed by atoms with Crippen molar-refractivity contribution >= 4 is 17.4 Å². The molecule has 102 valence electrons. The van der Waals surface area contributed by atoms with Crippen LogP contribution in [0.2, 0.25) is 0 Å². The van der Waals surface area contributed by atoms with Gasteiger partial charge in [0, 0.05) is 17.1 Å². The first-order chi connectivity index (χ1) is 9.24. The highest BCUT2D eigenvalue weighted by molar-refractivity contribution is 7.98. The van der Waals surface area contributed by atoms with E-state index in [1.54, 1.807) is 18.9 Å². The van der Waals surface area contributed by atoms with Gasteiger partial charge in [0.05, 0.1) is 12.9 Å². The summed E-state index contributed by atoms with van der Waals surface area (Å²) in [7, 11) is 1.64. The first kappa shape index (κ1) is 13.7. The van der Waals surface area contributed by atoms with Gasteiger partial charge in [-0.3, -0.25) is 0 Å². The van der Waals surface area contributed by atoms with Crippen molar-refractivity contribution in [2.75, 3.05) is 12.8 Å². The van der Waals surface area contributed by atoms with Gasteiger partial charge in [-0.1, -0.05) is 6.92 Å². The number of nitrogens with zero attached hydrogens (tertiary/aromatic N) is 4. The van der Waals surface area contributed by atoms with E-state index in [1.165, 1.54) is 0 Å². The summed E-state index contributed by atoms with van der Waals surface area (Å²) in [6.45, 7) is 2.93. The highest BCUT2D eigenvalue weighted by Crippen LogP contribution is 2.30. The van der Waals surface area contributed by atoms with E-state index in [9.17, 15) is 0 Å². The largest absolute Gasteiger partial charge is 0.497 e. The summed E-state index contributed by atoms with van der Waals surface area (Å²) in [5, 5.41) is 11.7. The van der Waals surface area contributed by atoms with Crippen LogP contribution in [0.4, 0.5) is 5.69 Å². The Kier molecular flexibility index (Phi) is 4.62. The average Bonchev–Trinajstić information content (AvgIpc) is 2.86. The molecule has 2 aromatic rings. The molecule has 0 radical (unpaired) electrons. The number of aromatic nitrogens is 4. The van der Waals surface area contributed by atoms with E-state index in [1.807, 2.05) is 22.9 Å². The number of hydrogen-bond acceptors (Lipinski definition) is 6. The topological polar surface area (TPSA) is 78.8 Å². The van der Waals surface area contributed by atoms with E-state index in [-0.39, 0.29) is 0 Å². The lowest BCUT2D eigenvalue weighted by Crippen LogP contribution is -2.04. The zero-order valence-corrected chi connectivity index (χ0v) is 11.9. The fourth-order valence-electron chi connectivity index (χ4n) is 1.62. The average molecular weight is 279 g/mol. The van der Waals surface area contributed by atoms with Crippen LogP contribution in [0.1, 0.15) is 19.2 Å². The molecule has 0 unspecified atom stereocenters. The third-order valence-electron chi connectivity index (χ3n) is 2.62. The Hall–Kier alpha value is -1.76. The van der Waals surface area contributed by atoms with Gasteiger partial charge in [-0.15, -0.1) is 16.9 Å². The summed E-state index contributed by atoms with van der Waals surface area (Å²) in [5.41, 5.74) is 6.68. The van der Waals surface area contributed by atoms with Crippen molar-refractivity contribution in [3.63, 3.8) is 0 Å². The number of rotatable bonds is 6. The number of anilines is 1. The molecule has 0 aliphatic carbocycles. The van der Waals surface area contributed by atoms with Crippen molar-refractivity contribution < 1.29 is 4.74 Å². The first-order valence-electron chi connectivity index (χ1n) is 6.06. The Balaban J connectivity index is 2.07. The number of methoxy groups -OCH3 is 1. The lowest BCUT2D eigenvalue weighted by Gasteiger charge is -2.07. The summed E-state index contributed by atoms with van der Waals surface area (Å²) < 4.78 is 7.02. The molecule has 0 spiro atoms. The fraction of sp³-hybridized carbons (Fsp3) is 0.417. The Morgan fingerprint density at radius 2 is 2.26 bits per heavy atom. The lowest BCUT2D eigenvalue weighted by atomic mass is 10.3. The van der Waals surface area contributed by atoms with Gasteiger partial charge in [-0.25, -0.2) is 4.68 Å². The van der Waals surface area contributed by atoms with Gasteiger partial charge in [0.1, 0.15) is 5.75 Å². The smallest absolute Gasteiger partial charge is 0.161 e. The maximum absolute atomic E-state index is 5.95. The molecule has 0 aliphatic heterocycles. The zero-order chi connectivity index (χ0) is 13.7. The van der Waals surface area contributed by atoms with Crippen molar-refractivity contribution in [3.05, 3.63) is 24.0 Å². The van der Waals surface area contributed by atoms with Gasteiger partial charge in [-0.05, 0) is 35.0 Å². The van der Waals surface area contributed by atoms with Crippen molar-refractivity contribution in [2.45, 2.75) is 30.5 Å². The molecule has 0 amide bonds.